The number of H-pyrrole nitrogens is 1. The molecule has 0 fully saturated rings. The molecule has 1 aliphatic carbocycles. The number of nitrogens with one attached hydrogen (secondary N) is 2. The Kier molecular flexibility index (Phi) is 4.30. The maximum Gasteiger partial charge on any atom is 0.261 e. The number of hydrogen-bond acceptors (Lipinski definition) is 5. The molecule has 1 aliphatic rings. The van der Waals surface area contributed by atoms with Gasteiger partial charge in [0.1, 0.15) is 11.3 Å². The van der Waals surface area contributed by atoms with E-state index in [4.69, 9.17) is 4.42 Å². The minimum Gasteiger partial charge on any atom is -0.467 e. The van der Waals surface area contributed by atoms with Gasteiger partial charge in [-0.15, -0.1) is 11.3 Å². The molecule has 1 atom stereocenters. The van der Waals surface area contributed by atoms with Crippen LogP contribution in [0.2, 0.25) is 0 Å². The number of carbonyl (C=O) groups is 2. The lowest BCUT2D eigenvalue weighted by Gasteiger charge is -2.22. The molecule has 0 unspecified atom stereocenters. The lowest BCUT2D eigenvalue weighted by atomic mass is 9.84. The fraction of sp³-hybridized carbons (Fsp3) is 0.211. The first-order valence-electron chi connectivity index (χ1n) is 8.25. The summed E-state index contributed by atoms with van der Waals surface area (Å²) in [6.07, 6.45) is 2.48. The molecule has 3 aromatic heterocycles. The Bertz CT molecular complexity index is 1000. The van der Waals surface area contributed by atoms with Crippen molar-refractivity contribution in [2.75, 3.05) is 0 Å². The van der Waals surface area contributed by atoms with Gasteiger partial charge in [-0.3, -0.25) is 14.4 Å². The highest BCUT2D eigenvalue weighted by Gasteiger charge is 2.29. The van der Waals surface area contributed by atoms with Crippen molar-refractivity contribution >= 4 is 23.0 Å². The molecule has 0 aromatic carbocycles. The SMILES string of the molecule is O=C1C[C@@H](c2cccs2)Cc2[nH]c(=O)c(C(=O)NCc3ccco3)cc21. The van der Waals surface area contributed by atoms with E-state index in [9.17, 15) is 14.4 Å². The molecule has 26 heavy (non-hydrogen) atoms. The molecular weight excluding hydrogens is 352 g/mol. The Morgan fingerprint density at radius 2 is 2.15 bits per heavy atom. The second-order valence-corrected chi connectivity index (χ2v) is 7.19. The summed E-state index contributed by atoms with van der Waals surface area (Å²) in [6, 6.07) is 8.82. The molecule has 3 heterocycles. The van der Waals surface area contributed by atoms with Crippen LogP contribution in [0.25, 0.3) is 0 Å². The maximum atomic E-state index is 12.6. The van der Waals surface area contributed by atoms with Crippen LogP contribution in [0, 0.1) is 0 Å². The molecule has 132 valence electrons. The fourth-order valence-electron chi connectivity index (χ4n) is 3.20. The molecule has 0 bridgehead atoms. The summed E-state index contributed by atoms with van der Waals surface area (Å²) in [5, 5.41) is 4.61. The Labute approximate surface area is 152 Å². The summed E-state index contributed by atoms with van der Waals surface area (Å²) >= 11 is 1.61. The average Bonchev–Trinajstić information content (AvgIpc) is 3.32. The van der Waals surface area contributed by atoms with Gasteiger partial charge in [0.2, 0.25) is 0 Å². The van der Waals surface area contributed by atoms with E-state index in [0.717, 1.165) is 4.88 Å². The predicted molar refractivity (Wildman–Crippen MR) is 96.7 cm³/mol. The molecule has 7 heteroatoms. The number of carbonyl (C=O) groups excluding carboxylic acids is 2. The molecular formula is C19H16N2O4S. The summed E-state index contributed by atoms with van der Waals surface area (Å²) in [5.41, 5.74) is 0.492. The molecule has 0 spiro atoms. The summed E-state index contributed by atoms with van der Waals surface area (Å²) in [7, 11) is 0. The van der Waals surface area contributed by atoms with Gasteiger partial charge in [-0.2, -0.15) is 0 Å². The van der Waals surface area contributed by atoms with Crippen molar-refractivity contribution in [2.45, 2.75) is 25.3 Å². The van der Waals surface area contributed by atoms with Crippen molar-refractivity contribution in [3.8, 4) is 0 Å². The van der Waals surface area contributed by atoms with Gasteiger partial charge >= 0.3 is 0 Å². The Morgan fingerprint density at radius 3 is 2.88 bits per heavy atom. The van der Waals surface area contributed by atoms with Crippen LogP contribution in [-0.2, 0) is 13.0 Å². The van der Waals surface area contributed by atoms with E-state index in [2.05, 4.69) is 10.3 Å². The fourth-order valence-corrected chi connectivity index (χ4v) is 4.03. The van der Waals surface area contributed by atoms with Gasteiger partial charge in [-0.25, -0.2) is 0 Å². The quantitative estimate of drug-likeness (QED) is 0.741. The number of pyridine rings is 1. The Hall–Kier alpha value is -2.93. The van der Waals surface area contributed by atoms with E-state index in [1.165, 1.54) is 12.3 Å². The highest BCUT2D eigenvalue weighted by atomic mass is 32.1. The van der Waals surface area contributed by atoms with E-state index in [1.54, 1.807) is 23.5 Å². The van der Waals surface area contributed by atoms with Gasteiger partial charge in [0.05, 0.1) is 12.8 Å². The number of aromatic nitrogens is 1. The number of rotatable bonds is 4. The standard InChI is InChI=1S/C19H16N2O4S/c22-16-8-11(17-4-2-6-26-17)7-15-13(16)9-14(19(24)21-15)18(23)20-10-12-3-1-5-25-12/h1-6,9,11H,7-8,10H2,(H,20,23)(H,21,24)/t11-/m0/s1. The van der Waals surface area contributed by atoms with E-state index < -0.39 is 11.5 Å². The van der Waals surface area contributed by atoms with Crippen LogP contribution in [0.1, 0.15) is 49.4 Å². The van der Waals surface area contributed by atoms with E-state index in [1.807, 2.05) is 17.5 Å². The number of amides is 1. The largest absolute Gasteiger partial charge is 0.467 e. The Morgan fingerprint density at radius 1 is 1.27 bits per heavy atom. The number of hydrogen-bond donors (Lipinski definition) is 2. The van der Waals surface area contributed by atoms with E-state index in [0.29, 0.717) is 29.9 Å². The normalized spacial score (nSPS) is 16.3. The first-order valence-corrected chi connectivity index (χ1v) is 9.13. The highest BCUT2D eigenvalue weighted by molar-refractivity contribution is 7.10. The van der Waals surface area contributed by atoms with Crippen molar-refractivity contribution in [3.63, 3.8) is 0 Å². The van der Waals surface area contributed by atoms with Crippen LogP contribution in [0.5, 0.6) is 0 Å². The lowest BCUT2D eigenvalue weighted by molar-refractivity contribution is 0.0946. The van der Waals surface area contributed by atoms with Gasteiger partial charge in [0, 0.05) is 28.5 Å². The molecule has 0 saturated carbocycles. The van der Waals surface area contributed by atoms with Crippen molar-refractivity contribution in [1.29, 1.82) is 0 Å². The first-order chi connectivity index (χ1) is 12.6. The molecule has 1 amide bonds. The summed E-state index contributed by atoms with van der Waals surface area (Å²) in [5.74, 6) is 0.0755. The molecule has 0 aliphatic heterocycles. The minimum atomic E-state index is -0.529. The first kappa shape index (κ1) is 16.5. The minimum absolute atomic E-state index is 0.0546. The smallest absolute Gasteiger partial charge is 0.261 e. The summed E-state index contributed by atoms with van der Waals surface area (Å²) in [6.45, 7) is 0.177. The third kappa shape index (κ3) is 3.13. The predicted octanol–water partition coefficient (Wildman–Crippen LogP) is 2.87. The number of aromatic amines is 1. The maximum absolute atomic E-state index is 12.6. The van der Waals surface area contributed by atoms with Crippen molar-refractivity contribution in [1.82, 2.24) is 10.3 Å². The van der Waals surface area contributed by atoms with Gasteiger partial charge in [0.15, 0.2) is 5.78 Å². The summed E-state index contributed by atoms with van der Waals surface area (Å²) < 4.78 is 5.15. The van der Waals surface area contributed by atoms with Crippen LogP contribution >= 0.6 is 11.3 Å². The van der Waals surface area contributed by atoms with Gasteiger partial charge in [-0.05, 0) is 36.1 Å². The zero-order valence-corrected chi connectivity index (χ0v) is 14.6. The van der Waals surface area contributed by atoms with Crippen molar-refractivity contribution < 1.29 is 14.0 Å². The topological polar surface area (TPSA) is 92.2 Å². The second-order valence-electron chi connectivity index (χ2n) is 6.21. The van der Waals surface area contributed by atoms with Gasteiger partial charge in [-0.1, -0.05) is 6.07 Å². The number of thiophene rings is 1. The summed E-state index contributed by atoms with van der Waals surface area (Å²) in [4.78, 5) is 41.1. The third-order valence-corrected chi connectivity index (χ3v) is 5.53. The van der Waals surface area contributed by atoms with Crippen LogP contribution in [0.4, 0.5) is 0 Å². The lowest BCUT2D eigenvalue weighted by Crippen LogP contribution is -2.32. The second kappa shape index (κ2) is 6.76. The van der Waals surface area contributed by atoms with Crippen molar-refractivity contribution in [3.05, 3.63) is 79.8 Å². The molecule has 0 saturated heterocycles. The van der Waals surface area contributed by atoms with Gasteiger partial charge < -0.3 is 14.7 Å². The van der Waals surface area contributed by atoms with E-state index >= 15 is 0 Å². The molecule has 3 aromatic rings. The average molecular weight is 368 g/mol. The van der Waals surface area contributed by atoms with Gasteiger partial charge in [0.25, 0.3) is 11.5 Å². The number of Topliss-reactive ketones (excluding diaryl/α,β-unsaturated/α-hetero) is 1. The highest BCUT2D eigenvalue weighted by Crippen LogP contribution is 2.33. The van der Waals surface area contributed by atoms with Crippen LogP contribution in [0.3, 0.4) is 0 Å². The Balaban J connectivity index is 1.58. The molecule has 0 radical (unpaired) electrons. The zero-order chi connectivity index (χ0) is 18.1. The third-order valence-electron chi connectivity index (χ3n) is 4.50. The van der Waals surface area contributed by atoms with Crippen LogP contribution in [-0.4, -0.2) is 16.7 Å². The molecule has 2 N–H and O–H groups in total. The number of furan rings is 1. The monoisotopic (exact) mass is 368 g/mol. The molecule has 4 rings (SSSR count). The molecule has 6 nitrogen and oxygen atoms in total. The number of fused-ring (bicyclic) bond motifs is 1. The zero-order valence-electron chi connectivity index (χ0n) is 13.8. The van der Waals surface area contributed by atoms with E-state index in [-0.39, 0.29) is 23.8 Å². The van der Waals surface area contributed by atoms with Crippen molar-refractivity contribution in [2.24, 2.45) is 0 Å². The van der Waals surface area contributed by atoms with Crippen LogP contribution < -0.4 is 10.9 Å². The van der Waals surface area contributed by atoms with Crippen LogP contribution in [0.15, 0.2) is 51.2 Å². The number of ketones is 1.